The highest BCUT2D eigenvalue weighted by Crippen LogP contribution is 2.32. The quantitative estimate of drug-likeness (QED) is 0.260. The molecule has 1 amide bonds. The number of H-pyrrole nitrogens is 1. The maximum atomic E-state index is 13.2. The Bertz CT molecular complexity index is 1630. The Balaban J connectivity index is 0.00000124. The van der Waals surface area contributed by atoms with Crippen LogP contribution in [-0.2, 0) is 31.7 Å². The number of aromatic amines is 1. The van der Waals surface area contributed by atoms with Crippen LogP contribution in [-0.4, -0.2) is 90.6 Å². The maximum absolute atomic E-state index is 13.2. The number of rotatable bonds is 8. The first-order valence-electron chi connectivity index (χ1n) is 12.5. The minimum Gasteiger partial charge on any atom is -0.483 e. The maximum Gasteiger partial charge on any atom is 0.290 e. The van der Waals surface area contributed by atoms with Crippen molar-refractivity contribution in [3.05, 3.63) is 65.7 Å². The van der Waals surface area contributed by atoms with Gasteiger partial charge in [0, 0.05) is 48.6 Å². The number of carboxylic acid groups (broad SMARTS) is 1. The largest absolute Gasteiger partial charge is 0.483 e. The summed E-state index contributed by atoms with van der Waals surface area (Å²) in [5, 5.41) is 17.6. The number of carbonyl (C=O) groups excluding carboxylic acids is 1. The molecule has 4 aromatic rings. The molecule has 3 N–H and O–H groups in total. The topological polar surface area (TPSA) is 177 Å². The van der Waals surface area contributed by atoms with Crippen LogP contribution in [0.25, 0.3) is 22.0 Å². The molecule has 1 aromatic carbocycles. The van der Waals surface area contributed by atoms with E-state index in [1.165, 1.54) is 7.11 Å². The van der Waals surface area contributed by atoms with Crippen molar-refractivity contribution in [3.8, 4) is 17.0 Å². The number of ether oxygens (including phenoxy) is 2. The Kier molecular flexibility index (Phi) is 9.60. The van der Waals surface area contributed by atoms with Gasteiger partial charge in [0.25, 0.3) is 12.4 Å². The van der Waals surface area contributed by atoms with Gasteiger partial charge in [0.05, 0.1) is 49.2 Å². The van der Waals surface area contributed by atoms with Crippen LogP contribution in [0.3, 0.4) is 0 Å². The fraction of sp³-hybridized carbons (Fsp3) is 0.296. The minimum absolute atomic E-state index is 0.209. The zero-order valence-corrected chi connectivity index (χ0v) is 23.3. The lowest BCUT2D eigenvalue weighted by Gasteiger charge is -2.26. The van der Waals surface area contributed by atoms with Gasteiger partial charge in [-0.2, -0.15) is 5.10 Å². The van der Waals surface area contributed by atoms with Crippen molar-refractivity contribution in [2.45, 2.75) is 12.3 Å². The Morgan fingerprint density at radius 1 is 1.20 bits per heavy atom. The molecule has 3 aromatic heterocycles. The van der Waals surface area contributed by atoms with Gasteiger partial charge in [-0.25, -0.2) is 18.4 Å². The van der Waals surface area contributed by atoms with E-state index < -0.39 is 9.84 Å². The number of nitrogens with zero attached hydrogens (tertiary/aromatic N) is 4. The van der Waals surface area contributed by atoms with Crippen molar-refractivity contribution in [1.82, 2.24) is 25.1 Å². The summed E-state index contributed by atoms with van der Waals surface area (Å²) in [5.74, 6) is -0.309. The molecule has 1 aliphatic heterocycles. The lowest BCUT2D eigenvalue weighted by molar-refractivity contribution is -0.122. The van der Waals surface area contributed by atoms with E-state index in [-0.39, 0.29) is 24.0 Å². The third-order valence-corrected chi connectivity index (χ3v) is 7.04. The Morgan fingerprint density at radius 3 is 2.66 bits per heavy atom. The van der Waals surface area contributed by atoms with Gasteiger partial charge in [-0.15, -0.1) is 0 Å². The normalized spacial score (nSPS) is 13.7. The molecule has 41 heavy (non-hydrogen) atoms. The molecule has 0 unspecified atom stereocenters. The molecular weight excluding hydrogens is 552 g/mol. The SMILES string of the molecule is COc1ncc(-c2cc(NC(=O)c3cccc(CN4CCOCC4)n3)c3cn[nH]c3c2)cc1CS(C)(=O)=O.O=CO. The van der Waals surface area contributed by atoms with E-state index in [1.807, 2.05) is 18.2 Å². The highest BCUT2D eigenvalue weighted by molar-refractivity contribution is 7.89. The van der Waals surface area contributed by atoms with Crippen LogP contribution < -0.4 is 10.1 Å². The number of methoxy groups -OCH3 is 1. The molecule has 1 aliphatic rings. The van der Waals surface area contributed by atoms with Crippen molar-refractivity contribution in [1.29, 1.82) is 0 Å². The van der Waals surface area contributed by atoms with E-state index in [1.54, 1.807) is 30.6 Å². The van der Waals surface area contributed by atoms with Crippen LogP contribution in [0.15, 0.2) is 48.8 Å². The molecule has 0 aliphatic carbocycles. The summed E-state index contributed by atoms with van der Waals surface area (Å²) in [6, 6.07) is 10.8. The van der Waals surface area contributed by atoms with Crippen molar-refractivity contribution in [2.75, 3.05) is 45.0 Å². The second kappa shape index (κ2) is 13.3. The molecule has 4 heterocycles. The first kappa shape index (κ1) is 29.6. The van der Waals surface area contributed by atoms with Gasteiger partial charge >= 0.3 is 0 Å². The van der Waals surface area contributed by atoms with E-state index in [0.29, 0.717) is 47.8 Å². The van der Waals surface area contributed by atoms with E-state index in [4.69, 9.17) is 19.4 Å². The molecule has 0 saturated carbocycles. The van der Waals surface area contributed by atoms with E-state index in [9.17, 15) is 13.2 Å². The summed E-state index contributed by atoms with van der Waals surface area (Å²) in [6.45, 7) is 3.44. The van der Waals surface area contributed by atoms with E-state index in [2.05, 4.69) is 30.4 Å². The highest BCUT2D eigenvalue weighted by atomic mass is 32.2. The third kappa shape index (κ3) is 7.84. The molecule has 5 rings (SSSR count). The third-order valence-electron chi connectivity index (χ3n) is 6.21. The number of hydrogen-bond donors (Lipinski definition) is 3. The molecular formula is C27H30N6O7S. The average molecular weight is 583 g/mol. The molecule has 0 radical (unpaired) electrons. The predicted octanol–water partition coefficient (Wildman–Crippen LogP) is 2.36. The zero-order valence-electron chi connectivity index (χ0n) is 22.5. The van der Waals surface area contributed by atoms with Gasteiger partial charge < -0.3 is 19.9 Å². The van der Waals surface area contributed by atoms with Crippen LogP contribution in [0.4, 0.5) is 5.69 Å². The van der Waals surface area contributed by atoms with Crippen LogP contribution in [0.5, 0.6) is 5.88 Å². The number of anilines is 1. The number of fused-ring (bicyclic) bond motifs is 1. The summed E-state index contributed by atoms with van der Waals surface area (Å²) >= 11 is 0. The fourth-order valence-electron chi connectivity index (χ4n) is 4.42. The second-order valence-electron chi connectivity index (χ2n) is 9.28. The van der Waals surface area contributed by atoms with Gasteiger partial charge in [0.1, 0.15) is 5.69 Å². The van der Waals surface area contributed by atoms with Crippen LogP contribution >= 0.6 is 0 Å². The first-order chi connectivity index (χ1) is 19.7. The van der Waals surface area contributed by atoms with E-state index in [0.717, 1.165) is 36.0 Å². The smallest absolute Gasteiger partial charge is 0.290 e. The minimum atomic E-state index is -3.31. The monoisotopic (exact) mass is 582 g/mol. The van der Waals surface area contributed by atoms with E-state index >= 15 is 0 Å². The van der Waals surface area contributed by atoms with Gasteiger partial charge in [-0.1, -0.05) is 6.07 Å². The average Bonchev–Trinajstić information content (AvgIpc) is 3.43. The molecule has 216 valence electrons. The predicted molar refractivity (Wildman–Crippen MR) is 151 cm³/mol. The van der Waals surface area contributed by atoms with Crippen molar-refractivity contribution >= 4 is 38.8 Å². The second-order valence-corrected chi connectivity index (χ2v) is 11.4. The van der Waals surface area contributed by atoms with Gasteiger partial charge in [-0.05, 0) is 35.9 Å². The molecule has 13 nitrogen and oxygen atoms in total. The fourth-order valence-corrected chi connectivity index (χ4v) is 5.19. The molecule has 1 fully saturated rings. The van der Waals surface area contributed by atoms with Crippen molar-refractivity contribution in [3.63, 3.8) is 0 Å². The number of nitrogens with one attached hydrogen (secondary N) is 2. The molecule has 0 spiro atoms. The van der Waals surface area contributed by atoms with Gasteiger partial charge in [-0.3, -0.25) is 19.6 Å². The molecule has 1 saturated heterocycles. The number of hydrogen-bond acceptors (Lipinski definition) is 10. The summed E-state index contributed by atoms with van der Waals surface area (Å²) < 4.78 is 34.6. The van der Waals surface area contributed by atoms with Gasteiger partial charge in [0.2, 0.25) is 5.88 Å². The number of amides is 1. The van der Waals surface area contributed by atoms with Gasteiger partial charge in [0.15, 0.2) is 9.84 Å². The summed E-state index contributed by atoms with van der Waals surface area (Å²) in [4.78, 5) is 32.7. The number of pyridine rings is 2. The zero-order chi connectivity index (χ0) is 29.4. The molecule has 0 bridgehead atoms. The summed E-state index contributed by atoms with van der Waals surface area (Å²) in [6.07, 6.45) is 4.40. The Labute approximate surface area is 236 Å². The standard InChI is InChI=1S/C26H28N6O5S.CH2O2/c1-36-26-19(16-38(2,34)35)10-18(13-27-26)17-11-23(21-14-28-31-24(21)12-17)30-25(33)22-5-3-4-20(29-22)15-32-6-8-37-9-7-32;2-1-3/h3-5,10-14H,6-9,15-16H2,1-2H3,(H,28,31)(H,30,33);1H,(H,2,3). The number of sulfone groups is 1. The lowest BCUT2D eigenvalue weighted by Crippen LogP contribution is -2.36. The van der Waals surface area contributed by atoms with Crippen LogP contribution in [0.2, 0.25) is 0 Å². The van der Waals surface area contributed by atoms with Crippen molar-refractivity contribution < 1.29 is 32.6 Å². The first-order valence-corrected chi connectivity index (χ1v) is 14.6. The number of morpholine rings is 1. The Morgan fingerprint density at radius 2 is 1.95 bits per heavy atom. The van der Waals surface area contributed by atoms with Crippen molar-refractivity contribution in [2.24, 2.45) is 0 Å². The van der Waals surface area contributed by atoms with Crippen LogP contribution in [0, 0.1) is 0 Å². The highest BCUT2D eigenvalue weighted by Gasteiger charge is 2.17. The Hall–Kier alpha value is -4.40. The molecule has 14 heteroatoms. The molecule has 0 atom stereocenters. The summed E-state index contributed by atoms with van der Waals surface area (Å²) in [5.41, 5.74) is 4.19. The number of carbonyl (C=O) groups is 2. The number of benzene rings is 1. The van der Waals surface area contributed by atoms with Crippen LogP contribution in [0.1, 0.15) is 21.7 Å². The number of aromatic nitrogens is 4. The summed E-state index contributed by atoms with van der Waals surface area (Å²) in [7, 11) is -1.87. The lowest BCUT2D eigenvalue weighted by atomic mass is 10.0.